The predicted octanol–water partition coefficient (Wildman–Crippen LogP) is -2.30. The number of carbonyl (C=O) groups is 1. The number of aliphatic hydroxyl groups excluding tert-OH is 3. The molecule has 5 N–H and O–H groups in total. The quantitative estimate of drug-likeness (QED) is 0.361. The van der Waals surface area contributed by atoms with Gasteiger partial charge >= 0.3 is 5.97 Å². The van der Waals surface area contributed by atoms with E-state index < -0.39 is 48.7 Å². The number of esters is 1. The number of hydrogen-bond acceptors (Lipinski definition) is 10. The second kappa shape index (κ2) is 6.99. The Bertz CT molecular complexity index is 865. The van der Waals surface area contributed by atoms with Gasteiger partial charge in [-0.2, -0.15) is 4.98 Å². The third-order valence-corrected chi connectivity index (χ3v) is 4.13. The van der Waals surface area contributed by atoms with Gasteiger partial charge in [0.25, 0.3) is 5.56 Å². The lowest BCUT2D eigenvalue weighted by atomic mass is 10.1. The van der Waals surface area contributed by atoms with Crippen molar-refractivity contribution >= 4 is 23.1 Å². The first-order chi connectivity index (χ1) is 12.4. The van der Waals surface area contributed by atoms with Crippen LogP contribution in [0, 0.1) is 0 Å². The molecule has 3 heterocycles. The van der Waals surface area contributed by atoms with Gasteiger partial charge in [-0.1, -0.05) is 0 Å². The topological polar surface area (TPSA) is 172 Å². The number of fused-ring (bicyclic) bond motifs is 1. The monoisotopic (exact) mass is 369 g/mol. The molecular weight excluding hydrogens is 350 g/mol. The SMILES string of the molecule is COC(=O)C(C)Nc1nc2c(ncn2[C@@H]2O[C@H](CO)[C@@H](O)[C@H]2O)c(=O)[nH]1. The van der Waals surface area contributed by atoms with E-state index in [0.29, 0.717) is 0 Å². The summed E-state index contributed by atoms with van der Waals surface area (Å²) in [5.74, 6) is -0.557. The van der Waals surface area contributed by atoms with Crippen molar-refractivity contribution in [2.45, 2.75) is 37.5 Å². The van der Waals surface area contributed by atoms with Gasteiger partial charge in [-0.25, -0.2) is 9.78 Å². The van der Waals surface area contributed by atoms with Crippen LogP contribution >= 0.6 is 0 Å². The molecule has 0 aromatic carbocycles. The molecule has 3 rings (SSSR count). The van der Waals surface area contributed by atoms with Gasteiger partial charge in [0.2, 0.25) is 5.95 Å². The summed E-state index contributed by atoms with van der Waals surface area (Å²) in [4.78, 5) is 34.3. The highest BCUT2D eigenvalue weighted by Gasteiger charge is 2.44. The summed E-state index contributed by atoms with van der Waals surface area (Å²) in [6, 6.07) is -0.772. The predicted molar refractivity (Wildman–Crippen MR) is 86.3 cm³/mol. The molecule has 0 spiro atoms. The van der Waals surface area contributed by atoms with Crippen LogP contribution in [-0.4, -0.2) is 78.9 Å². The number of imidazole rings is 1. The molecule has 1 fully saturated rings. The van der Waals surface area contributed by atoms with E-state index >= 15 is 0 Å². The Balaban J connectivity index is 1.98. The zero-order valence-electron chi connectivity index (χ0n) is 14.0. The number of aromatic amines is 1. The van der Waals surface area contributed by atoms with Crippen molar-refractivity contribution in [3.63, 3.8) is 0 Å². The molecule has 2 aromatic rings. The summed E-state index contributed by atoms with van der Waals surface area (Å²) < 4.78 is 11.3. The van der Waals surface area contributed by atoms with Crippen LogP contribution in [0.3, 0.4) is 0 Å². The minimum absolute atomic E-state index is 0.00565. The van der Waals surface area contributed by atoms with Gasteiger partial charge < -0.3 is 30.1 Å². The second-order valence-electron chi connectivity index (χ2n) is 5.86. The van der Waals surface area contributed by atoms with E-state index in [1.165, 1.54) is 24.9 Å². The first kappa shape index (κ1) is 18.3. The average Bonchev–Trinajstić information content (AvgIpc) is 3.16. The van der Waals surface area contributed by atoms with Crippen molar-refractivity contribution < 1.29 is 29.6 Å². The van der Waals surface area contributed by atoms with E-state index in [1.54, 1.807) is 0 Å². The van der Waals surface area contributed by atoms with Crippen molar-refractivity contribution in [1.29, 1.82) is 0 Å². The minimum atomic E-state index is -1.35. The van der Waals surface area contributed by atoms with Crippen molar-refractivity contribution in [2.75, 3.05) is 19.0 Å². The van der Waals surface area contributed by atoms with E-state index in [2.05, 4.69) is 25.0 Å². The maximum Gasteiger partial charge on any atom is 0.328 e. The number of nitrogens with zero attached hydrogens (tertiary/aromatic N) is 3. The molecule has 12 nitrogen and oxygen atoms in total. The van der Waals surface area contributed by atoms with Crippen molar-refractivity contribution in [3.05, 3.63) is 16.7 Å². The van der Waals surface area contributed by atoms with Gasteiger partial charge in [0, 0.05) is 0 Å². The summed E-state index contributed by atoms with van der Waals surface area (Å²) >= 11 is 0. The largest absolute Gasteiger partial charge is 0.467 e. The van der Waals surface area contributed by atoms with E-state index in [0.717, 1.165) is 0 Å². The highest BCUT2D eigenvalue weighted by Crippen LogP contribution is 2.30. The van der Waals surface area contributed by atoms with Gasteiger partial charge in [0.15, 0.2) is 17.4 Å². The lowest BCUT2D eigenvalue weighted by Gasteiger charge is -2.17. The van der Waals surface area contributed by atoms with E-state index in [4.69, 9.17) is 4.74 Å². The molecular formula is C14H19N5O7. The Hall–Kier alpha value is -2.54. The third kappa shape index (κ3) is 3.03. The van der Waals surface area contributed by atoms with Gasteiger partial charge in [-0.3, -0.25) is 14.3 Å². The fourth-order valence-electron chi connectivity index (χ4n) is 2.73. The zero-order chi connectivity index (χ0) is 19.0. The number of aromatic nitrogens is 4. The standard InChI is InChI=1S/C14H19N5O7/c1-5(13(24)25-2)16-14-17-10-7(11(23)18-14)15-4-19(10)12-9(22)8(21)6(3-20)26-12/h4-6,8-9,12,20-22H,3H2,1-2H3,(H2,16,17,18,23)/t5?,6-,8-,9-,12-/m1/s1. The van der Waals surface area contributed by atoms with Crippen LogP contribution in [0.25, 0.3) is 11.2 Å². The normalized spacial score (nSPS) is 26.8. The summed E-state index contributed by atoms with van der Waals surface area (Å²) in [6.07, 6.45) is -3.49. The van der Waals surface area contributed by atoms with Crippen molar-refractivity contribution in [1.82, 2.24) is 19.5 Å². The van der Waals surface area contributed by atoms with Gasteiger partial charge in [0.05, 0.1) is 20.0 Å². The first-order valence-corrected chi connectivity index (χ1v) is 7.81. The molecule has 0 radical (unpaired) electrons. The van der Waals surface area contributed by atoms with Gasteiger partial charge in [0.1, 0.15) is 24.4 Å². The Morgan fingerprint density at radius 3 is 2.85 bits per heavy atom. The highest BCUT2D eigenvalue weighted by molar-refractivity contribution is 5.78. The van der Waals surface area contributed by atoms with E-state index in [9.17, 15) is 24.9 Å². The molecule has 5 atom stereocenters. The van der Waals surface area contributed by atoms with Crippen LogP contribution in [0.15, 0.2) is 11.1 Å². The molecule has 0 aliphatic carbocycles. The number of carbonyl (C=O) groups excluding carboxylic acids is 1. The Labute approximate surface area is 146 Å². The second-order valence-corrected chi connectivity index (χ2v) is 5.86. The van der Waals surface area contributed by atoms with Crippen LogP contribution in [-0.2, 0) is 14.3 Å². The summed E-state index contributed by atoms with van der Waals surface area (Å²) in [6.45, 7) is 1.04. The first-order valence-electron chi connectivity index (χ1n) is 7.81. The molecule has 12 heteroatoms. The summed E-state index contributed by atoms with van der Waals surface area (Å²) in [7, 11) is 1.23. The highest BCUT2D eigenvalue weighted by atomic mass is 16.6. The number of hydrogen-bond donors (Lipinski definition) is 5. The number of anilines is 1. The molecule has 142 valence electrons. The van der Waals surface area contributed by atoms with Gasteiger partial charge in [-0.05, 0) is 6.92 Å². The molecule has 26 heavy (non-hydrogen) atoms. The maximum atomic E-state index is 12.2. The number of H-pyrrole nitrogens is 1. The molecule has 2 aromatic heterocycles. The third-order valence-electron chi connectivity index (χ3n) is 4.13. The fourth-order valence-corrected chi connectivity index (χ4v) is 2.73. The summed E-state index contributed by atoms with van der Waals surface area (Å²) in [5.41, 5.74) is -0.512. The molecule has 0 amide bonds. The molecule has 0 saturated carbocycles. The molecule has 1 saturated heterocycles. The Kier molecular flexibility index (Phi) is 4.91. The number of nitrogens with one attached hydrogen (secondary N) is 2. The molecule has 1 unspecified atom stereocenters. The van der Waals surface area contributed by atoms with Crippen molar-refractivity contribution in [2.24, 2.45) is 0 Å². The number of ether oxygens (including phenoxy) is 2. The van der Waals surface area contributed by atoms with E-state index in [1.807, 2.05) is 0 Å². The lowest BCUT2D eigenvalue weighted by molar-refractivity contribution is -0.141. The zero-order valence-corrected chi connectivity index (χ0v) is 14.0. The van der Waals surface area contributed by atoms with Crippen LogP contribution < -0.4 is 10.9 Å². The number of aliphatic hydroxyl groups is 3. The Morgan fingerprint density at radius 1 is 1.50 bits per heavy atom. The molecule has 1 aliphatic rings. The minimum Gasteiger partial charge on any atom is -0.467 e. The summed E-state index contributed by atoms with van der Waals surface area (Å²) in [5, 5.41) is 31.9. The van der Waals surface area contributed by atoms with Crippen LogP contribution in [0.4, 0.5) is 5.95 Å². The van der Waals surface area contributed by atoms with E-state index in [-0.39, 0.29) is 17.1 Å². The van der Waals surface area contributed by atoms with Gasteiger partial charge in [-0.15, -0.1) is 0 Å². The number of rotatable bonds is 5. The van der Waals surface area contributed by atoms with Crippen LogP contribution in [0.1, 0.15) is 13.2 Å². The number of methoxy groups -OCH3 is 1. The Morgan fingerprint density at radius 2 is 2.23 bits per heavy atom. The maximum absolute atomic E-state index is 12.2. The smallest absolute Gasteiger partial charge is 0.328 e. The molecule has 1 aliphatic heterocycles. The lowest BCUT2D eigenvalue weighted by Crippen LogP contribution is -2.33. The molecule has 0 bridgehead atoms. The van der Waals surface area contributed by atoms with Crippen LogP contribution in [0.2, 0.25) is 0 Å². The average molecular weight is 369 g/mol. The van der Waals surface area contributed by atoms with Crippen molar-refractivity contribution in [3.8, 4) is 0 Å². The fraction of sp³-hybridized carbons (Fsp3) is 0.571. The van der Waals surface area contributed by atoms with Crippen LogP contribution in [0.5, 0.6) is 0 Å².